The van der Waals surface area contributed by atoms with E-state index >= 15 is 0 Å². The second-order valence-corrected chi connectivity index (χ2v) is 6.32. The Bertz CT molecular complexity index is 688. The Labute approximate surface area is 119 Å². The Morgan fingerprint density at radius 3 is 2.85 bits per heavy atom. The average molecular weight is 268 g/mol. The number of piperidine rings is 1. The first-order chi connectivity index (χ1) is 9.72. The van der Waals surface area contributed by atoms with Crippen molar-refractivity contribution < 1.29 is 4.79 Å². The Kier molecular flexibility index (Phi) is 2.55. The lowest BCUT2D eigenvalue weighted by Crippen LogP contribution is -2.40. The molecule has 2 heterocycles. The van der Waals surface area contributed by atoms with Crippen molar-refractivity contribution in [1.82, 2.24) is 9.47 Å². The van der Waals surface area contributed by atoms with E-state index in [1.54, 1.807) is 0 Å². The number of para-hydroxylation sites is 1. The van der Waals surface area contributed by atoms with Crippen LogP contribution in [0.3, 0.4) is 0 Å². The van der Waals surface area contributed by atoms with Crippen molar-refractivity contribution in [2.75, 3.05) is 13.6 Å². The summed E-state index contributed by atoms with van der Waals surface area (Å²) in [5.41, 5.74) is 3.91. The molecule has 0 spiro atoms. The average Bonchev–Trinajstić information content (AvgIpc) is 2.77. The molecule has 1 aromatic carbocycles. The quantitative estimate of drug-likeness (QED) is 0.743. The van der Waals surface area contributed by atoms with Crippen LogP contribution in [-0.4, -0.2) is 29.3 Å². The summed E-state index contributed by atoms with van der Waals surface area (Å²) in [6, 6.07) is 9.04. The maximum Gasteiger partial charge on any atom is 0.129 e. The number of nitrogens with zero attached hydrogens (tertiary/aromatic N) is 2. The van der Waals surface area contributed by atoms with Crippen LogP contribution < -0.4 is 0 Å². The number of carbonyl (C=O) groups is 1. The molecule has 3 heteroatoms. The predicted octanol–water partition coefficient (Wildman–Crippen LogP) is 2.86. The molecular formula is C17H20N2O. The fraction of sp³-hybridized carbons (Fsp3) is 0.471. The molecular weight excluding hydrogens is 248 g/mol. The van der Waals surface area contributed by atoms with Gasteiger partial charge in [-0.05, 0) is 44.0 Å². The zero-order valence-corrected chi connectivity index (χ0v) is 12.0. The topological polar surface area (TPSA) is 25.2 Å². The Balaban J connectivity index is 2.07. The number of rotatable bonds is 1. The zero-order chi connectivity index (χ0) is 13.9. The highest BCUT2D eigenvalue weighted by atomic mass is 16.1. The minimum atomic E-state index is 0.0762. The summed E-state index contributed by atoms with van der Waals surface area (Å²) in [7, 11) is 4.33. The maximum atomic E-state index is 11.7. The van der Waals surface area contributed by atoms with Gasteiger partial charge in [0.05, 0.1) is 5.92 Å². The number of hydrogen-bond acceptors (Lipinski definition) is 2. The van der Waals surface area contributed by atoms with Crippen LogP contribution in [0.15, 0.2) is 24.3 Å². The van der Waals surface area contributed by atoms with Gasteiger partial charge in [0.25, 0.3) is 0 Å². The minimum absolute atomic E-state index is 0.0762. The molecule has 20 heavy (non-hydrogen) atoms. The van der Waals surface area contributed by atoms with Gasteiger partial charge in [0.1, 0.15) is 6.29 Å². The van der Waals surface area contributed by atoms with Crippen molar-refractivity contribution in [3.05, 3.63) is 35.5 Å². The zero-order valence-electron chi connectivity index (χ0n) is 12.0. The molecule has 3 nitrogen and oxygen atoms in total. The van der Waals surface area contributed by atoms with E-state index in [9.17, 15) is 4.79 Å². The molecule has 2 bridgehead atoms. The largest absolute Gasteiger partial charge is 0.347 e. The fourth-order valence-electron chi connectivity index (χ4n) is 4.37. The molecule has 2 aromatic rings. The molecule has 3 atom stereocenters. The SMILES string of the molecule is CN1CC[C@@H]2C[C@H]1c1c(n(C)c3ccccc13)[C@@H]2C=O. The van der Waals surface area contributed by atoms with E-state index in [4.69, 9.17) is 0 Å². The van der Waals surface area contributed by atoms with Crippen LogP contribution in [0.5, 0.6) is 0 Å². The second-order valence-electron chi connectivity index (χ2n) is 6.32. The third kappa shape index (κ3) is 1.41. The number of aryl methyl sites for hydroxylation is 1. The lowest BCUT2D eigenvalue weighted by atomic mass is 9.72. The fourth-order valence-corrected chi connectivity index (χ4v) is 4.37. The summed E-state index contributed by atoms with van der Waals surface area (Å²) in [5, 5.41) is 1.33. The number of fused-ring (bicyclic) bond motifs is 6. The van der Waals surface area contributed by atoms with Gasteiger partial charge < -0.3 is 9.36 Å². The minimum Gasteiger partial charge on any atom is -0.347 e. The normalized spacial score (nSPS) is 29.4. The van der Waals surface area contributed by atoms with Crippen LogP contribution in [0.4, 0.5) is 0 Å². The number of aromatic nitrogens is 1. The number of carbonyl (C=O) groups excluding carboxylic acids is 1. The van der Waals surface area contributed by atoms with Crippen LogP contribution in [0.2, 0.25) is 0 Å². The van der Waals surface area contributed by atoms with Gasteiger partial charge in [0.2, 0.25) is 0 Å². The number of aldehydes is 1. The van der Waals surface area contributed by atoms with Gasteiger partial charge in [-0.2, -0.15) is 0 Å². The molecule has 0 saturated carbocycles. The van der Waals surface area contributed by atoms with E-state index in [2.05, 4.69) is 47.8 Å². The van der Waals surface area contributed by atoms with E-state index in [1.165, 1.54) is 28.4 Å². The lowest BCUT2D eigenvalue weighted by Gasteiger charge is -2.44. The standard InChI is InChI=1S/C17H20N2O/c1-18-8-7-11-9-15(18)16-12-5-3-4-6-14(12)19(2)17(16)13(11)10-20/h3-6,10-11,13,15H,7-9H2,1-2H3/t11-,13-,15+/m1/s1. The summed E-state index contributed by atoms with van der Waals surface area (Å²) in [6.45, 7) is 1.10. The van der Waals surface area contributed by atoms with Gasteiger partial charge in [0, 0.05) is 29.7 Å². The molecule has 4 rings (SSSR count). The van der Waals surface area contributed by atoms with Gasteiger partial charge in [-0.25, -0.2) is 0 Å². The smallest absolute Gasteiger partial charge is 0.129 e. The van der Waals surface area contributed by atoms with Crippen LogP contribution >= 0.6 is 0 Å². The van der Waals surface area contributed by atoms with Gasteiger partial charge in [0.15, 0.2) is 0 Å². The first-order valence-corrected chi connectivity index (χ1v) is 7.45. The van der Waals surface area contributed by atoms with Gasteiger partial charge in [-0.3, -0.25) is 4.90 Å². The molecule has 0 radical (unpaired) electrons. The Morgan fingerprint density at radius 1 is 1.25 bits per heavy atom. The van der Waals surface area contributed by atoms with Crippen LogP contribution in [0.25, 0.3) is 10.9 Å². The maximum absolute atomic E-state index is 11.7. The number of hydrogen-bond donors (Lipinski definition) is 0. The molecule has 1 saturated heterocycles. The summed E-state index contributed by atoms with van der Waals surface area (Å²) in [5.74, 6) is 0.594. The molecule has 1 aliphatic carbocycles. The number of likely N-dealkylation sites (tertiary alicyclic amines) is 1. The highest BCUT2D eigenvalue weighted by Gasteiger charge is 2.42. The molecule has 1 aromatic heterocycles. The first kappa shape index (κ1) is 12.2. The summed E-state index contributed by atoms with van der Waals surface area (Å²) in [4.78, 5) is 14.2. The lowest BCUT2D eigenvalue weighted by molar-refractivity contribution is -0.111. The van der Waals surface area contributed by atoms with Gasteiger partial charge >= 0.3 is 0 Å². The third-order valence-electron chi connectivity index (χ3n) is 5.41. The van der Waals surface area contributed by atoms with E-state index in [-0.39, 0.29) is 5.92 Å². The van der Waals surface area contributed by atoms with Crippen LogP contribution in [-0.2, 0) is 11.8 Å². The number of benzene rings is 1. The highest BCUT2D eigenvalue weighted by molar-refractivity contribution is 5.88. The van der Waals surface area contributed by atoms with Gasteiger partial charge in [-0.1, -0.05) is 18.2 Å². The van der Waals surface area contributed by atoms with E-state index in [0.29, 0.717) is 12.0 Å². The van der Waals surface area contributed by atoms with Crippen molar-refractivity contribution in [1.29, 1.82) is 0 Å². The van der Waals surface area contributed by atoms with Crippen molar-refractivity contribution in [2.24, 2.45) is 13.0 Å². The van der Waals surface area contributed by atoms with Crippen LogP contribution in [0.1, 0.15) is 36.1 Å². The Morgan fingerprint density at radius 2 is 2.05 bits per heavy atom. The monoisotopic (exact) mass is 268 g/mol. The third-order valence-corrected chi connectivity index (χ3v) is 5.41. The van der Waals surface area contributed by atoms with Crippen molar-refractivity contribution in [3.8, 4) is 0 Å². The molecule has 0 N–H and O–H groups in total. The summed E-state index contributed by atoms with van der Waals surface area (Å²) >= 11 is 0. The molecule has 104 valence electrons. The second kappa shape index (κ2) is 4.19. The highest BCUT2D eigenvalue weighted by Crippen LogP contribution is 2.50. The van der Waals surface area contributed by atoms with E-state index in [1.807, 2.05) is 0 Å². The van der Waals surface area contributed by atoms with Crippen molar-refractivity contribution in [2.45, 2.75) is 24.8 Å². The predicted molar refractivity (Wildman–Crippen MR) is 79.8 cm³/mol. The summed E-state index contributed by atoms with van der Waals surface area (Å²) in [6.07, 6.45) is 3.45. The van der Waals surface area contributed by atoms with Crippen molar-refractivity contribution >= 4 is 17.2 Å². The van der Waals surface area contributed by atoms with E-state index < -0.39 is 0 Å². The molecule has 1 aliphatic heterocycles. The molecule has 0 amide bonds. The molecule has 1 fully saturated rings. The summed E-state index contributed by atoms with van der Waals surface area (Å²) < 4.78 is 2.25. The van der Waals surface area contributed by atoms with Gasteiger partial charge in [-0.15, -0.1) is 0 Å². The van der Waals surface area contributed by atoms with E-state index in [0.717, 1.165) is 19.4 Å². The Hall–Kier alpha value is -1.61. The van der Waals surface area contributed by atoms with Crippen molar-refractivity contribution in [3.63, 3.8) is 0 Å². The van der Waals surface area contributed by atoms with Crippen LogP contribution in [0, 0.1) is 5.92 Å². The first-order valence-electron chi connectivity index (χ1n) is 7.45. The molecule has 0 unspecified atom stereocenters. The molecule has 2 aliphatic rings.